The molecule has 0 saturated heterocycles. The highest BCUT2D eigenvalue weighted by Crippen LogP contribution is 2.20. The van der Waals surface area contributed by atoms with Crippen molar-refractivity contribution in [3.63, 3.8) is 0 Å². The lowest BCUT2D eigenvalue weighted by Crippen LogP contribution is -2.29. The topological polar surface area (TPSA) is 134 Å². The number of ether oxygens (including phenoxy) is 3. The average molecular weight is 382 g/mol. The summed E-state index contributed by atoms with van der Waals surface area (Å²) in [7, 11) is 0. The Morgan fingerprint density at radius 3 is 2.30 bits per heavy atom. The zero-order valence-corrected chi connectivity index (χ0v) is 16.2. The summed E-state index contributed by atoms with van der Waals surface area (Å²) < 4.78 is 18.4. The van der Waals surface area contributed by atoms with Crippen LogP contribution in [0.5, 0.6) is 5.88 Å². The van der Waals surface area contributed by atoms with Crippen LogP contribution in [0.2, 0.25) is 0 Å². The van der Waals surface area contributed by atoms with Crippen LogP contribution in [0.3, 0.4) is 0 Å². The number of nitrogens with zero attached hydrogens (tertiary/aromatic N) is 5. The molecule has 0 aliphatic heterocycles. The number of carbonyl (C=O) groups excluding carboxylic acids is 1. The van der Waals surface area contributed by atoms with E-state index in [1.807, 2.05) is 27.7 Å². The van der Waals surface area contributed by atoms with Gasteiger partial charge in [0.25, 0.3) is 0 Å². The van der Waals surface area contributed by atoms with Gasteiger partial charge in [-0.3, -0.25) is 10.1 Å². The fourth-order valence-electron chi connectivity index (χ4n) is 2.06. The van der Waals surface area contributed by atoms with Crippen LogP contribution >= 0.6 is 0 Å². The second kappa shape index (κ2) is 9.53. The Labute approximate surface area is 157 Å². The van der Waals surface area contributed by atoms with E-state index in [9.17, 15) is 9.90 Å². The van der Waals surface area contributed by atoms with Crippen LogP contribution in [0.25, 0.3) is 11.2 Å². The summed E-state index contributed by atoms with van der Waals surface area (Å²) in [4.78, 5) is 19.1. The molecule has 2 rings (SSSR count). The van der Waals surface area contributed by atoms with Gasteiger partial charge in [-0.1, -0.05) is 5.21 Å². The molecule has 27 heavy (non-hydrogen) atoms. The number of nitrogens with one attached hydrogen (secondary N) is 1. The summed E-state index contributed by atoms with van der Waals surface area (Å²) in [5, 5.41) is 20.1. The van der Waals surface area contributed by atoms with E-state index in [0.29, 0.717) is 13.2 Å². The monoisotopic (exact) mass is 382 g/mol. The van der Waals surface area contributed by atoms with E-state index in [-0.39, 0.29) is 53.9 Å². The van der Waals surface area contributed by atoms with Gasteiger partial charge in [0.1, 0.15) is 12.8 Å². The molecule has 2 aromatic rings. The molecule has 2 aromatic heterocycles. The molecule has 0 aromatic carbocycles. The van der Waals surface area contributed by atoms with E-state index in [0.717, 1.165) is 0 Å². The number of anilines is 1. The van der Waals surface area contributed by atoms with E-state index in [4.69, 9.17) is 14.2 Å². The second-order valence-corrected chi connectivity index (χ2v) is 6.50. The zero-order valence-electron chi connectivity index (χ0n) is 16.2. The first kappa shape index (κ1) is 20.9. The molecule has 11 nitrogen and oxygen atoms in total. The Hall–Kier alpha value is -2.37. The van der Waals surface area contributed by atoms with E-state index in [1.165, 1.54) is 11.6 Å². The van der Waals surface area contributed by atoms with Gasteiger partial charge in [0.05, 0.1) is 25.4 Å². The summed E-state index contributed by atoms with van der Waals surface area (Å²) in [6.45, 7) is 9.80. The van der Waals surface area contributed by atoms with Crippen molar-refractivity contribution in [2.24, 2.45) is 0 Å². The fraction of sp³-hybridized carbons (Fsp3) is 0.688. The maximum Gasteiger partial charge on any atom is 0.246 e. The minimum atomic E-state index is -0.377. The van der Waals surface area contributed by atoms with Crippen LogP contribution in [-0.2, 0) is 25.7 Å². The van der Waals surface area contributed by atoms with E-state index in [2.05, 4.69) is 25.6 Å². The molecule has 0 spiro atoms. The maximum atomic E-state index is 11.2. The van der Waals surface area contributed by atoms with Gasteiger partial charge >= 0.3 is 0 Å². The van der Waals surface area contributed by atoms with Crippen molar-refractivity contribution in [1.82, 2.24) is 25.0 Å². The number of aromatic hydroxyl groups is 1. The largest absolute Gasteiger partial charge is 0.492 e. The van der Waals surface area contributed by atoms with Gasteiger partial charge in [0.2, 0.25) is 17.7 Å². The molecule has 2 heterocycles. The quantitative estimate of drug-likeness (QED) is 0.619. The predicted molar refractivity (Wildman–Crippen MR) is 96.1 cm³/mol. The summed E-state index contributed by atoms with van der Waals surface area (Å²) in [6.07, 6.45) is -0.196. The molecular formula is C16H26N6O5. The summed E-state index contributed by atoms with van der Waals surface area (Å²) in [6, 6.07) is 0. The number of carbonyl (C=O) groups is 1. The van der Waals surface area contributed by atoms with E-state index < -0.39 is 0 Å². The Balaban J connectivity index is 2.12. The molecule has 0 bridgehead atoms. The highest BCUT2D eigenvalue weighted by molar-refractivity contribution is 5.88. The van der Waals surface area contributed by atoms with Crippen molar-refractivity contribution in [2.75, 3.05) is 18.5 Å². The van der Waals surface area contributed by atoms with Gasteiger partial charge < -0.3 is 19.3 Å². The third kappa shape index (κ3) is 6.38. The molecule has 2 N–H and O–H groups in total. The van der Waals surface area contributed by atoms with Crippen LogP contribution in [0.15, 0.2) is 0 Å². The van der Waals surface area contributed by atoms with Crippen molar-refractivity contribution in [3.8, 4) is 5.88 Å². The first-order chi connectivity index (χ1) is 12.8. The molecule has 0 saturated carbocycles. The van der Waals surface area contributed by atoms with Gasteiger partial charge in [-0.25, -0.2) is 4.68 Å². The minimum absolute atomic E-state index is 0.0139. The molecule has 0 unspecified atom stereocenters. The van der Waals surface area contributed by atoms with Gasteiger partial charge in [-0.2, -0.15) is 9.97 Å². The summed E-state index contributed by atoms with van der Waals surface area (Å²) in [5.74, 6) is -0.780. The average Bonchev–Trinajstić information content (AvgIpc) is 2.96. The molecule has 11 heteroatoms. The van der Waals surface area contributed by atoms with Crippen molar-refractivity contribution in [2.45, 2.75) is 59.7 Å². The van der Waals surface area contributed by atoms with Crippen molar-refractivity contribution >= 4 is 23.0 Å². The highest BCUT2D eigenvalue weighted by Gasteiger charge is 2.17. The van der Waals surface area contributed by atoms with Crippen molar-refractivity contribution in [3.05, 3.63) is 0 Å². The molecule has 150 valence electrons. The van der Waals surface area contributed by atoms with Crippen molar-refractivity contribution in [1.29, 1.82) is 0 Å². The Bertz CT molecular complexity index is 751. The first-order valence-electron chi connectivity index (χ1n) is 8.68. The van der Waals surface area contributed by atoms with E-state index in [1.54, 1.807) is 0 Å². The van der Waals surface area contributed by atoms with Gasteiger partial charge in [0.15, 0.2) is 11.2 Å². The molecule has 0 aliphatic carbocycles. The lowest BCUT2D eigenvalue weighted by molar-refractivity contribution is -0.114. The smallest absolute Gasteiger partial charge is 0.246 e. The number of amides is 1. The fourth-order valence-corrected chi connectivity index (χ4v) is 2.06. The number of rotatable bonds is 10. The Morgan fingerprint density at radius 1 is 1.11 bits per heavy atom. The summed E-state index contributed by atoms with van der Waals surface area (Å²) >= 11 is 0. The van der Waals surface area contributed by atoms with Crippen LogP contribution < -0.4 is 5.32 Å². The maximum absolute atomic E-state index is 11.2. The van der Waals surface area contributed by atoms with Gasteiger partial charge in [0, 0.05) is 6.92 Å². The van der Waals surface area contributed by atoms with Crippen LogP contribution in [-0.4, -0.2) is 67.5 Å². The molecule has 0 aliphatic rings. The lowest BCUT2D eigenvalue weighted by Gasteiger charge is -2.20. The van der Waals surface area contributed by atoms with Crippen LogP contribution in [0.4, 0.5) is 5.95 Å². The third-order valence-corrected chi connectivity index (χ3v) is 3.30. The predicted octanol–water partition coefficient (Wildman–Crippen LogP) is 1.08. The third-order valence-electron chi connectivity index (χ3n) is 3.30. The second-order valence-electron chi connectivity index (χ2n) is 6.50. The van der Waals surface area contributed by atoms with Gasteiger partial charge in [-0.15, -0.1) is 5.10 Å². The number of hydrogen-bond acceptors (Lipinski definition) is 9. The van der Waals surface area contributed by atoms with Gasteiger partial charge in [-0.05, 0) is 27.7 Å². The Morgan fingerprint density at radius 2 is 1.74 bits per heavy atom. The number of aromatic nitrogens is 5. The van der Waals surface area contributed by atoms with Crippen LogP contribution in [0, 0.1) is 0 Å². The van der Waals surface area contributed by atoms with Crippen LogP contribution in [0.1, 0.15) is 34.6 Å². The lowest BCUT2D eigenvalue weighted by atomic mass is 10.4. The molecule has 0 atom stereocenters. The minimum Gasteiger partial charge on any atom is -0.492 e. The first-order valence-corrected chi connectivity index (χ1v) is 8.68. The normalized spacial score (nSPS) is 11.9. The number of fused-ring (bicyclic) bond motifs is 1. The highest BCUT2D eigenvalue weighted by atomic mass is 16.6. The van der Waals surface area contributed by atoms with Crippen molar-refractivity contribution < 1.29 is 24.1 Å². The Kier molecular flexibility index (Phi) is 7.39. The molecule has 1 amide bonds. The molecular weight excluding hydrogens is 356 g/mol. The molecule has 0 radical (unpaired) electrons. The molecule has 0 fully saturated rings. The standard InChI is InChI=1S/C16H26N6O5/c1-9(2)25-6-12(7-26-10(3)4)27-8-22-14-13(20-21-22)15(24)19-16(18-14)17-11(5)23/h9-10,12H,6-8H2,1-5H3,(H2,17,18,19,23,24). The summed E-state index contributed by atoms with van der Waals surface area (Å²) in [5.41, 5.74) is 0.348. The number of hydrogen-bond donors (Lipinski definition) is 2. The van der Waals surface area contributed by atoms with E-state index >= 15 is 0 Å². The zero-order chi connectivity index (χ0) is 20.0. The SMILES string of the molecule is CC(=O)Nc1nc(O)c2nnn(COC(COC(C)C)COC(C)C)c2n1.